The third kappa shape index (κ3) is 4.99. The van der Waals surface area contributed by atoms with Gasteiger partial charge in [-0.25, -0.2) is 0 Å². The van der Waals surface area contributed by atoms with Crippen molar-refractivity contribution in [3.8, 4) is 0 Å². The highest BCUT2D eigenvalue weighted by Crippen LogP contribution is 2.24. The van der Waals surface area contributed by atoms with E-state index in [1.165, 1.54) is 18.3 Å². The molecule has 0 aliphatic rings. The van der Waals surface area contributed by atoms with Gasteiger partial charge in [0.05, 0.1) is 6.42 Å². The van der Waals surface area contributed by atoms with Crippen molar-refractivity contribution in [2.45, 2.75) is 32.1 Å². The molecule has 0 radical (unpaired) electrons. The van der Waals surface area contributed by atoms with E-state index < -0.39 is 18.6 Å². The number of nitrogens with one attached hydrogen (secondary N) is 1. The predicted molar refractivity (Wildman–Crippen MR) is 59.0 cm³/mol. The molecular formula is C9H11BrF3NS. The lowest BCUT2D eigenvalue weighted by Crippen LogP contribution is -2.30. The van der Waals surface area contributed by atoms with Gasteiger partial charge in [0.25, 0.3) is 0 Å². The lowest BCUT2D eigenvalue weighted by molar-refractivity contribution is -0.139. The maximum absolute atomic E-state index is 12.0. The topological polar surface area (TPSA) is 12.0 Å². The van der Waals surface area contributed by atoms with Crippen LogP contribution in [0.4, 0.5) is 13.2 Å². The van der Waals surface area contributed by atoms with Crippen LogP contribution in [0, 0.1) is 0 Å². The molecule has 0 aromatic carbocycles. The summed E-state index contributed by atoms with van der Waals surface area (Å²) in [4.78, 5) is 1.02. The van der Waals surface area contributed by atoms with Crippen molar-refractivity contribution in [3.63, 3.8) is 0 Å². The van der Waals surface area contributed by atoms with Crippen molar-refractivity contribution in [3.05, 3.63) is 20.8 Å². The molecule has 0 saturated heterocycles. The summed E-state index contributed by atoms with van der Waals surface area (Å²) in [5, 5.41) is 4.74. The summed E-state index contributed by atoms with van der Waals surface area (Å²) >= 11 is 4.84. The van der Waals surface area contributed by atoms with Gasteiger partial charge in [-0.2, -0.15) is 13.2 Å². The van der Waals surface area contributed by atoms with E-state index in [1.807, 2.05) is 11.4 Å². The number of alkyl halides is 3. The lowest BCUT2D eigenvalue weighted by atomic mass is 10.2. The number of halogens is 4. The van der Waals surface area contributed by atoms with Crippen LogP contribution in [0.1, 0.15) is 18.2 Å². The molecule has 15 heavy (non-hydrogen) atoms. The normalized spacial score (nSPS) is 14.2. The molecular weight excluding hydrogens is 291 g/mol. The van der Waals surface area contributed by atoms with Crippen LogP contribution in [0.25, 0.3) is 0 Å². The Balaban J connectivity index is 2.35. The quantitative estimate of drug-likeness (QED) is 0.888. The van der Waals surface area contributed by atoms with Crippen LogP contribution >= 0.6 is 27.3 Å². The van der Waals surface area contributed by atoms with E-state index in [-0.39, 0.29) is 0 Å². The van der Waals surface area contributed by atoms with E-state index in [0.29, 0.717) is 6.54 Å². The lowest BCUT2D eigenvalue weighted by Gasteiger charge is -2.15. The molecule has 0 amide bonds. The minimum absolute atomic E-state index is 0.468. The van der Waals surface area contributed by atoms with Crippen LogP contribution in [-0.2, 0) is 6.54 Å². The second kappa shape index (κ2) is 5.32. The van der Waals surface area contributed by atoms with Gasteiger partial charge in [0.15, 0.2) is 0 Å². The maximum atomic E-state index is 12.0. The monoisotopic (exact) mass is 301 g/mol. The Kier molecular flexibility index (Phi) is 4.61. The van der Waals surface area contributed by atoms with E-state index in [9.17, 15) is 13.2 Å². The Morgan fingerprint density at radius 3 is 2.67 bits per heavy atom. The maximum Gasteiger partial charge on any atom is 0.390 e. The van der Waals surface area contributed by atoms with Gasteiger partial charge in [0.1, 0.15) is 0 Å². The van der Waals surface area contributed by atoms with Crippen molar-refractivity contribution in [2.75, 3.05) is 0 Å². The molecule has 1 atom stereocenters. The van der Waals surface area contributed by atoms with Gasteiger partial charge in [-0.15, -0.1) is 11.3 Å². The highest BCUT2D eigenvalue weighted by Gasteiger charge is 2.29. The summed E-state index contributed by atoms with van der Waals surface area (Å²) in [6.45, 7) is 2.00. The minimum Gasteiger partial charge on any atom is -0.309 e. The molecule has 0 fully saturated rings. The number of hydrogen-bond acceptors (Lipinski definition) is 2. The largest absolute Gasteiger partial charge is 0.390 e. The second-order valence-electron chi connectivity index (χ2n) is 3.29. The zero-order valence-corrected chi connectivity index (χ0v) is 10.5. The van der Waals surface area contributed by atoms with Gasteiger partial charge >= 0.3 is 6.18 Å². The van der Waals surface area contributed by atoms with E-state index >= 15 is 0 Å². The van der Waals surface area contributed by atoms with Crippen LogP contribution in [0.2, 0.25) is 0 Å². The number of hydrogen-bond donors (Lipinski definition) is 1. The molecule has 86 valence electrons. The van der Waals surface area contributed by atoms with Crippen LogP contribution in [0.5, 0.6) is 0 Å². The Hall–Kier alpha value is -0.0700. The Morgan fingerprint density at radius 2 is 2.20 bits per heavy atom. The van der Waals surface area contributed by atoms with Crippen molar-refractivity contribution in [2.24, 2.45) is 0 Å². The summed E-state index contributed by atoms with van der Waals surface area (Å²) in [7, 11) is 0. The molecule has 0 saturated carbocycles. The molecule has 1 aromatic heterocycles. The average molecular weight is 302 g/mol. The minimum atomic E-state index is -4.10. The van der Waals surface area contributed by atoms with Crippen molar-refractivity contribution < 1.29 is 13.2 Å². The molecule has 1 N–H and O–H groups in total. The number of rotatable bonds is 4. The third-order valence-electron chi connectivity index (χ3n) is 1.84. The van der Waals surface area contributed by atoms with Crippen LogP contribution in [0.3, 0.4) is 0 Å². The number of thiophene rings is 1. The molecule has 1 heterocycles. The fourth-order valence-electron chi connectivity index (χ4n) is 1.14. The molecule has 1 nitrogen and oxygen atoms in total. The van der Waals surface area contributed by atoms with Gasteiger partial charge < -0.3 is 5.32 Å². The highest BCUT2D eigenvalue weighted by molar-refractivity contribution is 9.10. The molecule has 1 rings (SSSR count). The molecule has 1 unspecified atom stereocenters. The summed E-state index contributed by atoms with van der Waals surface area (Å²) in [6.07, 6.45) is -4.89. The second-order valence-corrected chi connectivity index (χ2v) is 5.15. The first-order valence-electron chi connectivity index (χ1n) is 4.40. The van der Waals surface area contributed by atoms with Crippen molar-refractivity contribution >= 4 is 27.3 Å². The van der Waals surface area contributed by atoms with E-state index in [4.69, 9.17) is 0 Å². The molecule has 0 spiro atoms. The first kappa shape index (κ1) is 13.0. The third-order valence-corrected chi connectivity index (χ3v) is 3.77. The van der Waals surface area contributed by atoms with E-state index in [0.717, 1.165) is 9.35 Å². The molecule has 6 heteroatoms. The molecule has 0 aliphatic carbocycles. The van der Waals surface area contributed by atoms with Crippen molar-refractivity contribution in [1.82, 2.24) is 5.32 Å². The Bertz CT molecular complexity index is 311. The van der Waals surface area contributed by atoms with Crippen LogP contribution in [-0.4, -0.2) is 12.2 Å². The summed E-state index contributed by atoms with van der Waals surface area (Å²) in [6, 6.07) is 1.33. The van der Waals surface area contributed by atoms with E-state index in [1.54, 1.807) is 0 Å². The summed E-state index contributed by atoms with van der Waals surface area (Å²) < 4.78 is 37.0. The summed E-state index contributed by atoms with van der Waals surface area (Å²) in [5.74, 6) is 0. The van der Waals surface area contributed by atoms with Gasteiger partial charge in [-0.3, -0.25) is 0 Å². The Morgan fingerprint density at radius 1 is 1.53 bits per heavy atom. The highest BCUT2D eigenvalue weighted by atomic mass is 79.9. The zero-order valence-electron chi connectivity index (χ0n) is 8.07. The van der Waals surface area contributed by atoms with E-state index in [2.05, 4.69) is 21.2 Å². The first-order valence-corrected chi connectivity index (χ1v) is 6.08. The van der Waals surface area contributed by atoms with Gasteiger partial charge in [-0.1, -0.05) is 0 Å². The molecule has 1 aromatic rings. The zero-order chi connectivity index (χ0) is 11.5. The smallest absolute Gasteiger partial charge is 0.309 e. The fraction of sp³-hybridized carbons (Fsp3) is 0.556. The van der Waals surface area contributed by atoms with Crippen LogP contribution in [0.15, 0.2) is 15.9 Å². The fourth-order valence-corrected chi connectivity index (χ4v) is 2.58. The average Bonchev–Trinajstić information content (AvgIpc) is 2.44. The van der Waals surface area contributed by atoms with Crippen molar-refractivity contribution in [1.29, 1.82) is 0 Å². The first-order chi connectivity index (χ1) is 6.88. The summed E-state index contributed by atoms with van der Waals surface area (Å²) in [5.41, 5.74) is 0. The Labute approximate surface area is 98.8 Å². The van der Waals surface area contributed by atoms with Gasteiger partial charge in [-0.05, 0) is 34.3 Å². The van der Waals surface area contributed by atoms with Gasteiger partial charge in [0.2, 0.25) is 0 Å². The van der Waals surface area contributed by atoms with Gasteiger partial charge in [0, 0.05) is 21.9 Å². The standard InChI is InChI=1S/C9H11BrF3NS/c1-6(4-9(11,12)13)14-5-8-7(10)2-3-15-8/h2-3,6,14H,4-5H2,1H3. The molecule has 0 aliphatic heterocycles. The predicted octanol–water partition coefficient (Wildman–Crippen LogP) is 3.94. The molecule has 0 bridgehead atoms. The van der Waals surface area contributed by atoms with Crippen LogP contribution < -0.4 is 5.32 Å². The SMILES string of the molecule is CC(CC(F)(F)F)NCc1sccc1Br.